The van der Waals surface area contributed by atoms with Crippen molar-refractivity contribution in [1.29, 1.82) is 0 Å². The van der Waals surface area contributed by atoms with E-state index in [0.717, 1.165) is 11.8 Å². The molecule has 0 heterocycles. The van der Waals surface area contributed by atoms with Crippen LogP contribution in [-0.4, -0.2) is 14.7 Å². The van der Waals surface area contributed by atoms with Gasteiger partial charge in [0.15, 0.2) is 0 Å². The summed E-state index contributed by atoms with van der Waals surface area (Å²) in [5, 5.41) is 0.639. The lowest BCUT2D eigenvalue weighted by Gasteiger charge is -2.12. The van der Waals surface area contributed by atoms with Crippen LogP contribution in [0.25, 0.3) is 0 Å². The molecular weight excluding hydrogens is 222 g/mol. The summed E-state index contributed by atoms with van der Waals surface area (Å²) in [5.41, 5.74) is 0.889. The molecule has 14 heavy (non-hydrogen) atoms. The number of sulfonamides is 1. The molecule has 0 radical (unpaired) electrons. The van der Waals surface area contributed by atoms with E-state index in [0.29, 0.717) is 5.02 Å². The zero-order valence-electron chi connectivity index (χ0n) is 7.99. The maximum atomic E-state index is 10.9. The van der Waals surface area contributed by atoms with Gasteiger partial charge in [-0.3, -0.25) is 0 Å². The number of benzene rings is 1. The third kappa shape index (κ3) is 3.65. The molecule has 3 nitrogen and oxygen atoms in total. The van der Waals surface area contributed by atoms with E-state index in [9.17, 15) is 8.42 Å². The molecule has 1 aromatic carbocycles. The molecular formula is C9H12ClNO2S. The number of nitrogens with one attached hydrogen (secondary N) is 1. The van der Waals surface area contributed by atoms with Gasteiger partial charge in [-0.05, 0) is 24.6 Å². The van der Waals surface area contributed by atoms with Gasteiger partial charge >= 0.3 is 0 Å². The van der Waals surface area contributed by atoms with Gasteiger partial charge in [-0.15, -0.1) is 0 Å². The summed E-state index contributed by atoms with van der Waals surface area (Å²) in [6.07, 6.45) is 1.14. The van der Waals surface area contributed by atoms with Crippen molar-refractivity contribution < 1.29 is 8.42 Å². The molecule has 0 unspecified atom stereocenters. The summed E-state index contributed by atoms with van der Waals surface area (Å²) in [6.45, 7) is 1.78. The van der Waals surface area contributed by atoms with E-state index in [4.69, 9.17) is 11.6 Å². The average Bonchev–Trinajstić information content (AvgIpc) is 2.02. The number of rotatable bonds is 3. The Morgan fingerprint density at radius 2 is 1.79 bits per heavy atom. The standard InChI is InChI=1S/C9H12ClNO2S/c1-7(11-14(2,12)13)8-3-5-9(10)6-4-8/h3-7,11H,1-2H3/t7-/m1/s1. The predicted octanol–water partition coefficient (Wildman–Crippen LogP) is 1.95. The SMILES string of the molecule is C[C@@H](NS(C)(=O)=O)c1ccc(Cl)cc1. The summed E-state index contributed by atoms with van der Waals surface area (Å²) in [7, 11) is -3.16. The molecule has 0 aromatic heterocycles. The molecule has 0 aliphatic rings. The first-order valence-electron chi connectivity index (χ1n) is 4.11. The lowest BCUT2D eigenvalue weighted by molar-refractivity contribution is 0.573. The fraction of sp³-hybridized carbons (Fsp3) is 0.333. The zero-order chi connectivity index (χ0) is 10.8. The molecule has 0 bridgehead atoms. The first kappa shape index (κ1) is 11.5. The number of halogens is 1. The van der Waals surface area contributed by atoms with Gasteiger partial charge in [0, 0.05) is 11.1 Å². The molecule has 1 N–H and O–H groups in total. The van der Waals surface area contributed by atoms with Crippen LogP contribution in [0.1, 0.15) is 18.5 Å². The van der Waals surface area contributed by atoms with Crippen LogP contribution in [0.3, 0.4) is 0 Å². The molecule has 0 saturated carbocycles. The molecule has 0 aliphatic heterocycles. The molecule has 1 aromatic rings. The maximum absolute atomic E-state index is 10.9. The second-order valence-corrected chi connectivity index (χ2v) is 5.38. The van der Waals surface area contributed by atoms with Crippen LogP contribution in [0.4, 0.5) is 0 Å². The van der Waals surface area contributed by atoms with Crippen LogP contribution in [0.2, 0.25) is 5.02 Å². The number of hydrogen-bond donors (Lipinski definition) is 1. The Labute approximate surface area is 89.1 Å². The van der Waals surface area contributed by atoms with Gasteiger partial charge in [0.25, 0.3) is 0 Å². The Bertz CT molecular complexity index is 399. The van der Waals surface area contributed by atoms with E-state index in [2.05, 4.69) is 4.72 Å². The molecule has 5 heteroatoms. The quantitative estimate of drug-likeness (QED) is 0.868. The van der Waals surface area contributed by atoms with E-state index < -0.39 is 10.0 Å². The summed E-state index contributed by atoms with van der Waals surface area (Å²) >= 11 is 5.71. The normalized spacial score (nSPS) is 13.9. The topological polar surface area (TPSA) is 46.2 Å². The molecule has 1 atom stereocenters. The van der Waals surface area contributed by atoms with Crippen molar-refractivity contribution in [1.82, 2.24) is 4.72 Å². The molecule has 1 rings (SSSR count). The minimum absolute atomic E-state index is 0.234. The number of hydrogen-bond acceptors (Lipinski definition) is 2. The van der Waals surface area contributed by atoms with E-state index in [1.54, 1.807) is 31.2 Å². The van der Waals surface area contributed by atoms with E-state index >= 15 is 0 Å². The third-order valence-electron chi connectivity index (χ3n) is 1.76. The fourth-order valence-electron chi connectivity index (χ4n) is 1.14. The first-order valence-corrected chi connectivity index (χ1v) is 6.38. The monoisotopic (exact) mass is 233 g/mol. The Balaban J connectivity index is 2.80. The van der Waals surface area contributed by atoms with Gasteiger partial charge in [-0.2, -0.15) is 0 Å². The van der Waals surface area contributed by atoms with Crippen molar-refractivity contribution in [3.63, 3.8) is 0 Å². The average molecular weight is 234 g/mol. The molecule has 0 fully saturated rings. The van der Waals surface area contributed by atoms with Crippen LogP contribution >= 0.6 is 11.6 Å². The van der Waals surface area contributed by atoms with Gasteiger partial charge in [-0.25, -0.2) is 13.1 Å². The van der Waals surface area contributed by atoms with Crippen molar-refractivity contribution in [2.75, 3.05) is 6.26 Å². The van der Waals surface area contributed by atoms with Crippen molar-refractivity contribution >= 4 is 21.6 Å². The Morgan fingerprint density at radius 1 is 1.29 bits per heavy atom. The summed E-state index contributed by atoms with van der Waals surface area (Å²) in [5.74, 6) is 0. The Morgan fingerprint density at radius 3 is 2.21 bits per heavy atom. The smallest absolute Gasteiger partial charge is 0.209 e. The first-order chi connectivity index (χ1) is 6.38. The Hall–Kier alpha value is -0.580. The summed E-state index contributed by atoms with van der Waals surface area (Å²) in [6, 6.07) is 6.83. The van der Waals surface area contributed by atoms with Gasteiger partial charge in [0.05, 0.1) is 6.26 Å². The van der Waals surface area contributed by atoms with Crippen molar-refractivity contribution in [3.8, 4) is 0 Å². The van der Waals surface area contributed by atoms with Crippen LogP contribution in [0.5, 0.6) is 0 Å². The largest absolute Gasteiger partial charge is 0.213 e. The molecule has 0 spiro atoms. The second kappa shape index (κ2) is 4.29. The fourth-order valence-corrected chi connectivity index (χ4v) is 2.04. The molecule has 0 aliphatic carbocycles. The van der Waals surface area contributed by atoms with Crippen LogP contribution < -0.4 is 4.72 Å². The van der Waals surface area contributed by atoms with Gasteiger partial charge < -0.3 is 0 Å². The van der Waals surface area contributed by atoms with Crippen molar-refractivity contribution in [2.24, 2.45) is 0 Å². The van der Waals surface area contributed by atoms with Crippen LogP contribution in [-0.2, 0) is 10.0 Å². The molecule has 0 saturated heterocycles. The lowest BCUT2D eigenvalue weighted by atomic mass is 10.1. The van der Waals surface area contributed by atoms with E-state index in [1.807, 2.05) is 0 Å². The van der Waals surface area contributed by atoms with Gasteiger partial charge in [0.1, 0.15) is 0 Å². The maximum Gasteiger partial charge on any atom is 0.209 e. The molecule has 78 valence electrons. The minimum atomic E-state index is -3.16. The van der Waals surface area contributed by atoms with Gasteiger partial charge in [0.2, 0.25) is 10.0 Å². The Kier molecular flexibility index (Phi) is 3.53. The summed E-state index contributed by atoms with van der Waals surface area (Å²) in [4.78, 5) is 0. The van der Waals surface area contributed by atoms with Gasteiger partial charge in [-0.1, -0.05) is 23.7 Å². The zero-order valence-corrected chi connectivity index (χ0v) is 9.56. The third-order valence-corrected chi connectivity index (χ3v) is 2.79. The van der Waals surface area contributed by atoms with E-state index in [1.165, 1.54) is 0 Å². The predicted molar refractivity (Wildman–Crippen MR) is 57.8 cm³/mol. The van der Waals surface area contributed by atoms with Crippen LogP contribution in [0, 0.1) is 0 Å². The molecule has 0 amide bonds. The second-order valence-electron chi connectivity index (χ2n) is 3.16. The highest BCUT2D eigenvalue weighted by Crippen LogP contribution is 2.16. The highest BCUT2D eigenvalue weighted by atomic mass is 35.5. The van der Waals surface area contributed by atoms with E-state index in [-0.39, 0.29) is 6.04 Å². The van der Waals surface area contributed by atoms with Crippen LogP contribution in [0.15, 0.2) is 24.3 Å². The minimum Gasteiger partial charge on any atom is -0.213 e. The van der Waals surface area contributed by atoms with Crippen molar-refractivity contribution in [3.05, 3.63) is 34.9 Å². The lowest BCUT2D eigenvalue weighted by Crippen LogP contribution is -2.25. The highest BCUT2D eigenvalue weighted by molar-refractivity contribution is 7.88. The van der Waals surface area contributed by atoms with Crippen molar-refractivity contribution in [2.45, 2.75) is 13.0 Å². The summed E-state index contributed by atoms with van der Waals surface area (Å²) < 4.78 is 24.4. The highest BCUT2D eigenvalue weighted by Gasteiger charge is 2.09.